The number of hydrogen-bond acceptors (Lipinski definition) is 3. The molecule has 0 amide bonds. The number of benzene rings is 1. The monoisotopic (exact) mass is 215 g/mol. The molecule has 0 radical (unpaired) electrons. The van der Waals surface area contributed by atoms with Gasteiger partial charge in [-0.1, -0.05) is 12.1 Å². The van der Waals surface area contributed by atoms with Crippen LogP contribution in [0, 0.1) is 0 Å². The third-order valence-electron chi connectivity index (χ3n) is 3.26. The summed E-state index contributed by atoms with van der Waals surface area (Å²) in [6.45, 7) is 0. The minimum atomic E-state index is -0.470. The van der Waals surface area contributed by atoms with Crippen molar-refractivity contribution < 1.29 is 9.53 Å². The number of nitrogens with zero attached hydrogens (tertiary/aromatic N) is 1. The molecule has 3 rings (SSSR count). The molecule has 1 heterocycles. The summed E-state index contributed by atoms with van der Waals surface area (Å²) in [5.74, 6) is 0.322. The largest absolute Gasteiger partial charge is 0.473 e. The number of carbonyl (C=O) groups is 1. The minimum absolute atomic E-state index is 0.322. The maximum Gasteiger partial charge on any atom is 0.200 e. The van der Waals surface area contributed by atoms with Crippen molar-refractivity contribution in [1.29, 1.82) is 0 Å². The van der Waals surface area contributed by atoms with Crippen molar-refractivity contribution in [1.82, 2.24) is 0 Å². The predicted molar refractivity (Wildman–Crippen MR) is 59.0 cm³/mol. The molecule has 1 aliphatic heterocycles. The van der Waals surface area contributed by atoms with E-state index in [2.05, 4.69) is 4.99 Å². The van der Waals surface area contributed by atoms with Gasteiger partial charge in [-0.3, -0.25) is 4.79 Å². The lowest BCUT2D eigenvalue weighted by molar-refractivity contribution is -0.124. The molecule has 0 unspecified atom stereocenters. The second-order valence-corrected chi connectivity index (χ2v) is 4.39. The Balaban J connectivity index is 2.03. The quantitative estimate of drug-likeness (QED) is 0.645. The van der Waals surface area contributed by atoms with Crippen LogP contribution in [0.15, 0.2) is 29.3 Å². The molecule has 1 aromatic carbocycles. The third kappa shape index (κ3) is 1.52. The van der Waals surface area contributed by atoms with Gasteiger partial charge >= 0.3 is 0 Å². The molecule has 3 heteroatoms. The van der Waals surface area contributed by atoms with Gasteiger partial charge in [0.25, 0.3) is 0 Å². The molecular formula is C13H13NO2. The van der Waals surface area contributed by atoms with Gasteiger partial charge in [-0.2, -0.15) is 0 Å². The standard InChI is InChI=1S/C13H13NO2/c15-11-5-7-13(8-6-11)14-12-4-2-1-3-10(12)9-16-13/h1-4,9H,5-8H2. The number of rotatable bonds is 0. The molecule has 1 spiro atoms. The number of carbonyl (C=O) groups excluding carboxylic acids is 1. The summed E-state index contributed by atoms with van der Waals surface area (Å²) in [6, 6.07) is 7.92. The van der Waals surface area contributed by atoms with E-state index in [1.165, 1.54) is 0 Å². The highest BCUT2D eigenvalue weighted by Crippen LogP contribution is 2.31. The highest BCUT2D eigenvalue weighted by molar-refractivity contribution is 5.79. The van der Waals surface area contributed by atoms with Gasteiger partial charge in [0.05, 0.1) is 11.6 Å². The molecule has 1 aliphatic carbocycles. The second kappa shape index (κ2) is 3.44. The maximum absolute atomic E-state index is 11.2. The van der Waals surface area contributed by atoms with E-state index in [4.69, 9.17) is 4.74 Å². The van der Waals surface area contributed by atoms with Crippen LogP contribution in [0.3, 0.4) is 0 Å². The van der Waals surface area contributed by atoms with Gasteiger partial charge in [0.2, 0.25) is 5.72 Å². The van der Waals surface area contributed by atoms with Gasteiger partial charge in [-0.25, -0.2) is 4.99 Å². The topological polar surface area (TPSA) is 38.7 Å². The summed E-state index contributed by atoms with van der Waals surface area (Å²) in [7, 11) is 0. The van der Waals surface area contributed by atoms with Crippen LogP contribution >= 0.6 is 0 Å². The fourth-order valence-electron chi connectivity index (χ4n) is 2.26. The SMILES string of the molecule is O=C1CCC2(CC1)N=c1ccccc1=CO2. The smallest absolute Gasteiger partial charge is 0.200 e. The molecule has 0 N–H and O–H groups in total. The van der Waals surface area contributed by atoms with E-state index >= 15 is 0 Å². The minimum Gasteiger partial charge on any atom is -0.473 e. The Labute approximate surface area is 93.5 Å². The lowest BCUT2D eigenvalue weighted by Crippen LogP contribution is -2.42. The van der Waals surface area contributed by atoms with Crippen molar-refractivity contribution in [3.8, 4) is 0 Å². The third-order valence-corrected chi connectivity index (χ3v) is 3.26. The highest BCUT2D eigenvalue weighted by Gasteiger charge is 2.36. The summed E-state index contributed by atoms with van der Waals surface area (Å²) in [4.78, 5) is 15.9. The predicted octanol–water partition coefficient (Wildman–Crippen LogP) is 0.914. The van der Waals surface area contributed by atoms with Crippen LogP contribution in [-0.4, -0.2) is 11.5 Å². The Morgan fingerprint density at radius 2 is 1.94 bits per heavy atom. The van der Waals surface area contributed by atoms with Crippen molar-refractivity contribution in [2.75, 3.05) is 0 Å². The molecule has 0 saturated heterocycles. The first-order valence-corrected chi connectivity index (χ1v) is 5.62. The lowest BCUT2D eigenvalue weighted by atomic mass is 9.90. The van der Waals surface area contributed by atoms with Gasteiger partial charge in [0, 0.05) is 30.9 Å². The van der Waals surface area contributed by atoms with Crippen LogP contribution in [-0.2, 0) is 9.53 Å². The summed E-state index contributed by atoms with van der Waals surface area (Å²) in [5, 5.41) is 1.99. The van der Waals surface area contributed by atoms with Crippen LogP contribution in [0.4, 0.5) is 0 Å². The lowest BCUT2D eigenvalue weighted by Gasteiger charge is -2.33. The number of ketones is 1. The first-order valence-electron chi connectivity index (χ1n) is 5.62. The number of fused-ring (bicyclic) bond motifs is 1. The van der Waals surface area contributed by atoms with Crippen molar-refractivity contribution >= 4 is 12.0 Å². The van der Waals surface area contributed by atoms with Crippen molar-refractivity contribution in [3.63, 3.8) is 0 Å². The zero-order chi connectivity index (χ0) is 11.0. The van der Waals surface area contributed by atoms with Gasteiger partial charge in [0.1, 0.15) is 5.78 Å². The first-order chi connectivity index (χ1) is 7.77. The Hall–Kier alpha value is -1.64. The zero-order valence-electron chi connectivity index (χ0n) is 8.98. The molecule has 16 heavy (non-hydrogen) atoms. The molecule has 0 bridgehead atoms. The average molecular weight is 215 g/mol. The van der Waals surface area contributed by atoms with Gasteiger partial charge in [-0.05, 0) is 12.1 Å². The Morgan fingerprint density at radius 3 is 2.75 bits per heavy atom. The molecule has 0 aromatic heterocycles. The highest BCUT2D eigenvalue weighted by atomic mass is 16.5. The summed E-state index contributed by atoms with van der Waals surface area (Å²) >= 11 is 0. The van der Waals surface area contributed by atoms with Crippen LogP contribution in [0.25, 0.3) is 6.26 Å². The fourth-order valence-corrected chi connectivity index (χ4v) is 2.26. The second-order valence-electron chi connectivity index (χ2n) is 4.39. The van der Waals surface area contributed by atoms with E-state index in [-0.39, 0.29) is 0 Å². The van der Waals surface area contributed by atoms with E-state index in [9.17, 15) is 4.79 Å². The van der Waals surface area contributed by atoms with Crippen LogP contribution in [0.1, 0.15) is 25.7 Å². The maximum atomic E-state index is 11.2. The summed E-state index contributed by atoms with van der Waals surface area (Å²) in [6.07, 6.45) is 4.35. The van der Waals surface area contributed by atoms with E-state index in [0.29, 0.717) is 31.5 Å². The van der Waals surface area contributed by atoms with Crippen LogP contribution in [0.2, 0.25) is 0 Å². The van der Waals surface area contributed by atoms with Gasteiger partial charge in [-0.15, -0.1) is 0 Å². The molecule has 82 valence electrons. The fraction of sp³-hybridized carbons (Fsp3) is 0.385. The van der Waals surface area contributed by atoms with Crippen molar-refractivity contribution in [2.45, 2.75) is 31.4 Å². The first kappa shape index (κ1) is 9.58. The van der Waals surface area contributed by atoms with E-state index < -0.39 is 5.72 Å². The Kier molecular flexibility index (Phi) is 2.06. The van der Waals surface area contributed by atoms with Crippen molar-refractivity contribution in [2.24, 2.45) is 4.99 Å². The molecule has 1 saturated carbocycles. The number of Topliss-reactive ketones (excluding diaryl/α,β-unsaturated/α-hetero) is 1. The van der Waals surface area contributed by atoms with E-state index in [1.54, 1.807) is 6.26 Å². The molecule has 1 aromatic rings. The molecular weight excluding hydrogens is 202 g/mol. The van der Waals surface area contributed by atoms with Gasteiger partial charge in [0.15, 0.2) is 0 Å². The average Bonchev–Trinajstić information content (AvgIpc) is 2.33. The molecule has 1 fully saturated rings. The Bertz CT molecular complexity index is 537. The summed E-state index contributed by atoms with van der Waals surface area (Å²) < 4.78 is 5.74. The zero-order valence-corrected chi connectivity index (χ0v) is 8.98. The number of para-hydroxylation sites is 1. The summed E-state index contributed by atoms with van der Waals surface area (Å²) in [5.41, 5.74) is -0.470. The van der Waals surface area contributed by atoms with Crippen molar-refractivity contribution in [3.05, 3.63) is 34.8 Å². The Morgan fingerprint density at radius 1 is 1.19 bits per heavy atom. The normalized spacial score (nSPS) is 21.6. The molecule has 2 aliphatic rings. The number of hydrogen-bond donors (Lipinski definition) is 0. The molecule has 3 nitrogen and oxygen atoms in total. The molecule has 0 atom stereocenters. The van der Waals surface area contributed by atoms with Crippen LogP contribution in [0.5, 0.6) is 0 Å². The number of ether oxygens (including phenoxy) is 1. The van der Waals surface area contributed by atoms with E-state index in [0.717, 1.165) is 10.6 Å². The van der Waals surface area contributed by atoms with Gasteiger partial charge < -0.3 is 4.74 Å². The van der Waals surface area contributed by atoms with Crippen LogP contribution < -0.4 is 10.6 Å². The van der Waals surface area contributed by atoms with E-state index in [1.807, 2.05) is 24.3 Å².